The molecule has 132 valence electrons. The minimum Gasteiger partial charge on any atom is -0.480 e. The fourth-order valence-electron chi connectivity index (χ4n) is 2.81. The van der Waals surface area contributed by atoms with Gasteiger partial charge in [0, 0.05) is 26.4 Å². The second kappa shape index (κ2) is 6.80. The van der Waals surface area contributed by atoms with Crippen molar-refractivity contribution in [2.45, 2.75) is 43.5 Å². The van der Waals surface area contributed by atoms with E-state index in [-0.39, 0.29) is 37.4 Å². The second-order valence-corrected chi connectivity index (χ2v) is 5.86. The van der Waals surface area contributed by atoms with Crippen molar-refractivity contribution in [2.24, 2.45) is 0 Å². The van der Waals surface area contributed by atoms with Gasteiger partial charge in [0.05, 0.1) is 11.7 Å². The van der Waals surface area contributed by atoms with Crippen molar-refractivity contribution in [3.63, 3.8) is 0 Å². The number of hydrogen-bond acceptors (Lipinski definition) is 3. The summed E-state index contributed by atoms with van der Waals surface area (Å²) in [4.78, 5) is 23.3. The monoisotopic (exact) mass is 345 g/mol. The molecule has 24 heavy (non-hydrogen) atoms. The number of benzene rings is 1. The third-order valence-corrected chi connectivity index (χ3v) is 4.22. The summed E-state index contributed by atoms with van der Waals surface area (Å²) in [6.45, 7) is 0. The molecular weight excluding hydrogens is 327 g/mol. The first-order chi connectivity index (χ1) is 11.2. The highest BCUT2D eigenvalue weighted by Crippen LogP contribution is 2.35. The van der Waals surface area contributed by atoms with Gasteiger partial charge in [0.2, 0.25) is 5.91 Å². The number of carboxylic acids is 1. The maximum atomic E-state index is 12.9. The summed E-state index contributed by atoms with van der Waals surface area (Å²) >= 11 is 0. The van der Waals surface area contributed by atoms with Crippen molar-refractivity contribution < 1.29 is 32.6 Å². The number of carboxylic acid groups (broad SMARTS) is 1. The zero-order valence-electron chi connectivity index (χ0n) is 13.0. The molecule has 0 atom stereocenters. The molecule has 0 saturated heterocycles. The van der Waals surface area contributed by atoms with E-state index in [1.165, 1.54) is 25.3 Å². The Morgan fingerprint density at radius 1 is 1.33 bits per heavy atom. The number of methoxy groups -OCH3 is 1. The number of carbonyl (C=O) groups is 2. The summed E-state index contributed by atoms with van der Waals surface area (Å²) in [6, 6.07) is 5.02. The number of nitrogens with one attached hydrogen (secondary N) is 1. The molecule has 0 unspecified atom stereocenters. The number of hydrogen-bond donors (Lipinski definition) is 2. The smallest absolute Gasteiger partial charge is 0.416 e. The van der Waals surface area contributed by atoms with Gasteiger partial charge in [0.15, 0.2) is 0 Å². The lowest BCUT2D eigenvalue weighted by Crippen LogP contribution is -2.64. The Kier molecular flexibility index (Phi) is 5.17. The Labute approximate surface area is 136 Å². The second-order valence-electron chi connectivity index (χ2n) is 5.86. The minimum atomic E-state index is -4.49. The highest BCUT2D eigenvalue weighted by atomic mass is 19.4. The number of alkyl halides is 3. The van der Waals surface area contributed by atoms with Crippen LogP contribution >= 0.6 is 0 Å². The molecule has 1 saturated carbocycles. The van der Waals surface area contributed by atoms with Gasteiger partial charge in [0.25, 0.3) is 0 Å². The van der Waals surface area contributed by atoms with E-state index < -0.39 is 29.2 Å². The van der Waals surface area contributed by atoms with Crippen LogP contribution in [0.5, 0.6) is 0 Å². The summed E-state index contributed by atoms with van der Waals surface area (Å²) in [6.07, 6.45) is -4.79. The van der Waals surface area contributed by atoms with E-state index in [9.17, 15) is 27.9 Å². The van der Waals surface area contributed by atoms with E-state index in [1.54, 1.807) is 0 Å². The topological polar surface area (TPSA) is 75.6 Å². The first-order valence-electron chi connectivity index (χ1n) is 7.40. The average molecular weight is 345 g/mol. The molecule has 2 N–H and O–H groups in total. The normalized spacial score (nSPS) is 23.4. The van der Waals surface area contributed by atoms with Crippen LogP contribution in [0.1, 0.15) is 30.4 Å². The van der Waals surface area contributed by atoms with Crippen LogP contribution in [0.4, 0.5) is 13.2 Å². The zero-order valence-corrected chi connectivity index (χ0v) is 13.0. The van der Waals surface area contributed by atoms with Gasteiger partial charge in [-0.25, -0.2) is 4.79 Å². The van der Waals surface area contributed by atoms with Crippen molar-refractivity contribution in [1.29, 1.82) is 0 Å². The summed E-state index contributed by atoms with van der Waals surface area (Å²) < 4.78 is 43.7. The van der Waals surface area contributed by atoms with E-state index in [2.05, 4.69) is 5.32 Å². The molecule has 1 aromatic carbocycles. The van der Waals surface area contributed by atoms with Crippen LogP contribution in [0.15, 0.2) is 24.3 Å². The average Bonchev–Trinajstić information content (AvgIpc) is 2.47. The van der Waals surface area contributed by atoms with Gasteiger partial charge in [0.1, 0.15) is 5.54 Å². The van der Waals surface area contributed by atoms with Gasteiger partial charge in [-0.2, -0.15) is 13.2 Å². The van der Waals surface area contributed by atoms with E-state index in [4.69, 9.17) is 4.74 Å². The Hall–Kier alpha value is -2.09. The molecule has 0 spiro atoms. The lowest BCUT2D eigenvalue weighted by molar-refractivity contribution is -0.159. The van der Waals surface area contributed by atoms with Crippen LogP contribution in [0.2, 0.25) is 0 Å². The SMILES string of the molecule is COC1CC(NC(=O)CCc2ccccc2C(F)(F)F)(C(=O)O)C1. The van der Waals surface area contributed by atoms with Crippen LogP contribution < -0.4 is 5.32 Å². The maximum absolute atomic E-state index is 12.9. The summed E-state index contributed by atoms with van der Waals surface area (Å²) in [5, 5.41) is 11.7. The summed E-state index contributed by atoms with van der Waals surface area (Å²) in [5.74, 6) is -1.76. The molecule has 1 aliphatic carbocycles. The number of ether oxygens (including phenoxy) is 1. The molecule has 1 amide bonds. The van der Waals surface area contributed by atoms with Crippen LogP contribution in [-0.2, 0) is 26.9 Å². The van der Waals surface area contributed by atoms with Gasteiger partial charge < -0.3 is 15.2 Å². The quantitative estimate of drug-likeness (QED) is 0.830. The van der Waals surface area contributed by atoms with Crippen LogP contribution in [-0.4, -0.2) is 35.7 Å². The molecule has 0 aromatic heterocycles. The molecule has 1 fully saturated rings. The van der Waals surface area contributed by atoms with Crippen molar-refractivity contribution in [1.82, 2.24) is 5.32 Å². The first-order valence-corrected chi connectivity index (χ1v) is 7.40. The van der Waals surface area contributed by atoms with Gasteiger partial charge in [-0.15, -0.1) is 0 Å². The van der Waals surface area contributed by atoms with E-state index in [0.29, 0.717) is 0 Å². The Morgan fingerprint density at radius 2 is 1.96 bits per heavy atom. The zero-order chi connectivity index (χ0) is 18.0. The number of aliphatic carboxylic acids is 1. The van der Waals surface area contributed by atoms with Gasteiger partial charge in [-0.1, -0.05) is 18.2 Å². The summed E-state index contributed by atoms with van der Waals surface area (Å²) in [5.41, 5.74) is -2.16. The maximum Gasteiger partial charge on any atom is 0.416 e. The fourth-order valence-corrected chi connectivity index (χ4v) is 2.81. The van der Waals surface area contributed by atoms with Crippen LogP contribution in [0.3, 0.4) is 0 Å². The molecular formula is C16H18F3NO4. The highest BCUT2D eigenvalue weighted by molar-refractivity contribution is 5.88. The highest BCUT2D eigenvalue weighted by Gasteiger charge is 2.51. The predicted octanol–water partition coefficient (Wildman–Crippen LogP) is 2.39. The van der Waals surface area contributed by atoms with Crippen LogP contribution in [0.25, 0.3) is 0 Å². The molecule has 0 bridgehead atoms. The standard InChI is InChI=1S/C16H18F3NO4/c1-24-11-8-15(9-11,14(22)23)20-13(21)7-6-10-4-2-3-5-12(10)16(17,18)19/h2-5,11H,6-9H2,1H3,(H,20,21)(H,22,23). The van der Waals surface area contributed by atoms with E-state index in [1.807, 2.05) is 0 Å². The largest absolute Gasteiger partial charge is 0.480 e. The number of rotatable bonds is 6. The third-order valence-electron chi connectivity index (χ3n) is 4.22. The van der Waals surface area contributed by atoms with Crippen molar-refractivity contribution in [3.8, 4) is 0 Å². The van der Waals surface area contributed by atoms with Crippen LogP contribution in [0, 0.1) is 0 Å². The van der Waals surface area contributed by atoms with Crippen molar-refractivity contribution >= 4 is 11.9 Å². The minimum absolute atomic E-state index is 0.00732. The Balaban J connectivity index is 1.98. The lowest BCUT2D eigenvalue weighted by Gasteiger charge is -2.43. The molecule has 8 heteroatoms. The Bertz CT molecular complexity index is 624. The molecule has 1 aliphatic rings. The Morgan fingerprint density at radius 3 is 2.50 bits per heavy atom. The van der Waals surface area contributed by atoms with E-state index in [0.717, 1.165) is 6.07 Å². The fraction of sp³-hybridized carbons (Fsp3) is 0.500. The van der Waals surface area contributed by atoms with Crippen molar-refractivity contribution in [2.75, 3.05) is 7.11 Å². The molecule has 0 aliphatic heterocycles. The molecule has 0 heterocycles. The number of halogens is 3. The molecule has 1 aromatic rings. The van der Waals surface area contributed by atoms with Crippen molar-refractivity contribution in [3.05, 3.63) is 35.4 Å². The lowest BCUT2D eigenvalue weighted by atomic mass is 9.74. The van der Waals surface area contributed by atoms with Gasteiger partial charge >= 0.3 is 12.1 Å². The molecule has 0 radical (unpaired) electrons. The van der Waals surface area contributed by atoms with E-state index >= 15 is 0 Å². The summed E-state index contributed by atoms with van der Waals surface area (Å²) in [7, 11) is 1.45. The predicted molar refractivity (Wildman–Crippen MR) is 78.3 cm³/mol. The number of aryl methyl sites for hydroxylation is 1. The molecule has 5 nitrogen and oxygen atoms in total. The molecule has 2 rings (SSSR count). The first kappa shape index (κ1) is 18.3. The number of amides is 1. The third kappa shape index (κ3) is 3.87. The van der Waals surface area contributed by atoms with Gasteiger partial charge in [-0.3, -0.25) is 4.79 Å². The van der Waals surface area contributed by atoms with Gasteiger partial charge in [-0.05, 0) is 18.1 Å². The number of carbonyl (C=O) groups excluding carboxylic acids is 1.